The van der Waals surface area contributed by atoms with E-state index in [1.807, 2.05) is 6.07 Å². The normalized spacial score (nSPS) is 9.50. The minimum absolute atomic E-state index is 0.00282. The molecule has 3 nitrogen and oxygen atoms in total. The Bertz CT molecular complexity index is 426. The van der Waals surface area contributed by atoms with Crippen molar-refractivity contribution in [2.75, 3.05) is 0 Å². The van der Waals surface area contributed by atoms with Crippen LogP contribution in [0.3, 0.4) is 0 Å². The Balaban J connectivity index is 3.49. The molecule has 5 heteroatoms. The zero-order chi connectivity index (χ0) is 10.7. The molecule has 0 saturated heterocycles. The highest BCUT2D eigenvalue weighted by Gasteiger charge is 2.16. The average Bonchev–Trinajstić information content (AvgIpc) is 2.16. The molecule has 0 aromatic heterocycles. The number of carboxylic acid groups (broad SMARTS) is 1. The topological polar surface area (TPSA) is 61.1 Å². The van der Waals surface area contributed by atoms with E-state index in [1.54, 1.807) is 6.07 Å². The first-order chi connectivity index (χ1) is 6.61. The van der Waals surface area contributed by atoms with E-state index in [-0.39, 0.29) is 16.1 Å². The van der Waals surface area contributed by atoms with Crippen LogP contribution in [-0.4, -0.2) is 11.1 Å². The van der Waals surface area contributed by atoms with Crippen LogP contribution in [0.5, 0.6) is 0 Å². The predicted octanol–water partition coefficient (Wildman–Crippen LogP) is 2.80. The predicted molar refractivity (Wildman–Crippen MR) is 55.8 cm³/mol. The summed E-state index contributed by atoms with van der Waals surface area (Å²) in [5.41, 5.74) is 0.720. The minimum atomic E-state index is -1.12. The fraction of sp³-hybridized carbons (Fsp3) is 0.111. The molecule has 0 aliphatic carbocycles. The second kappa shape index (κ2) is 4.45. The van der Waals surface area contributed by atoms with Gasteiger partial charge in [0.25, 0.3) is 0 Å². The molecule has 0 atom stereocenters. The lowest BCUT2D eigenvalue weighted by Crippen LogP contribution is -2.03. The molecule has 72 valence electrons. The molecule has 0 aliphatic rings. The first-order valence-corrected chi connectivity index (χ1v) is 5.12. The Morgan fingerprint density at radius 2 is 2.29 bits per heavy atom. The number of benzene rings is 1. The molecule has 0 heterocycles. The van der Waals surface area contributed by atoms with E-state index in [9.17, 15) is 4.79 Å². The highest BCUT2D eigenvalue weighted by Crippen LogP contribution is 2.25. The van der Waals surface area contributed by atoms with E-state index in [2.05, 4.69) is 15.9 Å². The lowest BCUT2D eigenvalue weighted by atomic mass is 10.1. The molecule has 1 aromatic rings. The van der Waals surface area contributed by atoms with Gasteiger partial charge in [-0.1, -0.05) is 33.6 Å². The number of alkyl halides is 1. The monoisotopic (exact) mass is 273 g/mol. The number of carboxylic acids is 1. The van der Waals surface area contributed by atoms with E-state index in [0.29, 0.717) is 10.9 Å². The van der Waals surface area contributed by atoms with Crippen LogP contribution < -0.4 is 0 Å². The van der Waals surface area contributed by atoms with Gasteiger partial charge in [-0.25, -0.2) is 4.79 Å². The van der Waals surface area contributed by atoms with E-state index >= 15 is 0 Å². The van der Waals surface area contributed by atoms with Crippen molar-refractivity contribution < 1.29 is 9.90 Å². The summed E-state index contributed by atoms with van der Waals surface area (Å²) in [7, 11) is 0. The SMILES string of the molecule is N#Cc1ccc(CBr)c(C(=O)O)c1Cl. The molecule has 0 unspecified atom stereocenters. The Hall–Kier alpha value is -1.05. The molecule has 1 N–H and O–H groups in total. The first-order valence-electron chi connectivity index (χ1n) is 3.62. The largest absolute Gasteiger partial charge is 0.478 e. The van der Waals surface area contributed by atoms with Crippen LogP contribution in [0.2, 0.25) is 5.02 Å². The number of halogens is 2. The minimum Gasteiger partial charge on any atom is -0.478 e. The van der Waals surface area contributed by atoms with Gasteiger partial charge in [0.05, 0.1) is 16.1 Å². The van der Waals surface area contributed by atoms with Gasteiger partial charge in [0.15, 0.2) is 0 Å². The summed E-state index contributed by atoms with van der Waals surface area (Å²) in [6, 6.07) is 4.91. The van der Waals surface area contributed by atoms with Gasteiger partial charge in [-0.3, -0.25) is 0 Å². The maximum atomic E-state index is 10.9. The number of rotatable bonds is 2. The standard InChI is InChI=1S/C9H5BrClNO2/c10-3-5-1-2-6(4-12)8(11)7(5)9(13)14/h1-2H,3H2,(H,13,14). The van der Waals surface area contributed by atoms with Gasteiger partial charge in [-0.15, -0.1) is 0 Å². The van der Waals surface area contributed by atoms with E-state index < -0.39 is 5.97 Å². The molecule has 0 radical (unpaired) electrons. The van der Waals surface area contributed by atoms with Gasteiger partial charge < -0.3 is 5.11 Å². The maximum absolute atomic E-state index is 10.9. The van der Waals surface area contributed by atoms with Crippen LogP contribution in [0.1, 0.15) is 21.5 Å². The van der Waals surface area contributed by atoms with Gasteiger partial charge in [0, 0.05) is 5.33 Å². The maximum Gasteiger partial charge on any atom is 0.337 e. The lowest BCUT2D eigenvalue weighted by Gasteiger charge is -2.05. The molecular formula is C9H5BrClNO2. The highest BCUT2D eigenvalue weighted by molar-refractivity contribution is 9.08. The number of hydrogen-bond donors (Lipinski definition) is 1. The fourth-order valence-corrected chi connectivity index (χ4v) is 1.82. The number of nitrogens with zero attached hydrogens (tertiary/aromatic N) is 1. The van der Waals surface area contributed by atoms with Gasteiger partial charge >= 0.3 is 5.97 Å². The Morgan fingerprint density at radius 1 is 1.64 bits per heavy atom. The van der Waals surface area contributed by atoms with Crippen LogP contribution in [0.4, 0.5) is 0 Å². The summed E-state index contributed by atoms with van der Waals surface area (Å²) in [6.45, 7) is 0. The second-order valence-corrected chi connectivity index (χ2v) is 3.45. The smallest absolute Gasteiger partial charge is 0.337 e. The van der Waals surface area contributed by atoms with Crippen molar-refractivity contribution in [1.82, 2.24) is 0 Å². The molecule has 0 fully saturated rings. The molecule has 0 bridgehead atoms. The van der Waals surface area contributed by atoms with Crippen LogP contribution >= 0.6 is 27.5 Å². The van der Waals surface area contributed by atoms with Gasteiger partial charge in [0.2, 0.25) is 0 Å². The van der Waals surface area contributed by atoms with Crippen LogP contribution in [0, 0.1) is 11.3 Å². The number of aromatic carboxylic acids is 1. The third kappa shape index (κ3) is 1.89. The number of nitriles is 1. The van der Waals surface area contributed by atoms with Crippen LogP contribution in [0.25, 0.3) is 0 Å². The van der Waals surface area contributed by atoms with Crippen molar-refractivity contribution in [3.8, 4) is 6.07 Å². The van der Waals surface area contributed by atoms with Gasteiger partial charge in [0.1, 0.15) is 6.07 Å². The molecule has 0 aliphatic heterocycles. The lowest BCUT2D eigenvalue weighted by molar-refractivity contribution is 0.0696. The van der Waals surface area contributed by atoms with Gasteiger partial charge in [-0.05, 0) is 11.6 Å². The van der Waals surface area contributed by atoms with E-state index in [0.717, 1.165) is 0 Å². The molecule has 1 aromatic carbocycles. The third-order valence-electron chi connectivity index (χ3n) is 1.71. The zero-order valence-corrected chi connectivity index (χ0v) is 9.26. The number of hydrogen-bond acceptors (Lipinski definition) is 2. The summed E-state index contributed by atoms with van der Waals surface area (Å²) in [5.74, 6) is -1.12. The Kier molecular flexibility index (Phi) is 3.50. The molecular weight excluding hydrogens is 269 g/mol. The number of carbonyl (C=O) groups is 1. The van der Waals surface area contributed by atoms with E-state index in [4.69, 9.17) is 22.0 Å². The summed E-state index contributed by atoms with van der Waals surface area (Å²) in [4.78, 5) is 10.9. The van der Waals surface area contributed by atoms with Crippen molar-refractivity contribution in [2.24, 2.45) is 0 Å². The Morgan fingerprint density at radius 3 is 2.71 bits per heavy atom. The summed E-state index contributed by atoms with van der Waals surface area (Å²) in [6.07, 6.45) is 0. The highest BCUT2D eigenvalue weighted by atomic mass is 79.9. The van der Waals surface area contributed by atoms with Crippen LogP contribution in [0.15, 0.2) is 12.1 Å². The second-order valence-electron chi connectivity index (χ2n) is 2.51. The molecule has 0 saturated carbocycles. The fourth-order valence-electron chi connectivity index (χ4n) is 1.04. The quantitative estimate of drug-likeness (QED) is 0.844. The van der Waals surface area contributed by atoms with Crippen molar-refractivity contribution in [1.29, 1.82) is 5.26 Å². The van der Waals surface area contributed by atoms with Crippen LogP contribution in [-0.2, 0) is 5.33 Å². The Labute approximate surface area is 94.0 Å². The van der Waals surface area contributed by atoms with Crippen molar-refractivity contribution in [2.45, 2.75) is 5.33 Å². The molecule has 0 amide bonds. The molecule has 1 rings (SSSR count). The summed E-state index contributed by atoms with van der Waals surface area (Å²) in [5, 5.41) is 17.9. The zero-order valence-electron chi connectivity index (χ0n) is 6.92. The third-order valence-corrected chi connectivity index (χ3v) is 2.70. The first kappa shape index (κ1) is 11.0. The average molecular weight is 275 g/mol. The van der Waals surface area contributed by atoms with Crippen molar-refractivity contribution in [3.05, 3.63) is 33.8 Å². The van der Waals surface area contributed by atoms with Gasteiger partial charge in [-0.2, -0.15) is 5.26 Å². The summed E-state index contributed by atoms with van der Waals surface area (Å²) < 4.78 is 0. The van der Waals surface area contributed by atoms with Crippen molar-refractivity contribution >= 4 is 33.5 Å². The molecule has 14 heavy (non-hydrogen) atoms. The van der Waals surface area contributed by atoms with E-state index in [1.165, 1.54) is 6.07 Å². The summed E-state index contributed by atoms with van der Waals surface area (Å²) >= 11 is 8.92. The molecule has 0 spiro atoms. The van der Waals surface area contributed by atoms with Crippen molar-refractivity contribution in [3.63, 3.8) is 0 Å².